The van der Waals surface area contributed by atoms with Crippen molar-refractivity contribution in [1.82, 2.24) is 0 Å². The van der Waals surface area contributed by atoms with E-state index in [0.29, 0.717) is 19.3 Å². The Bertz CT molecular complexity index is 1280. The molecule has 0 bridgehead atoms. The van der Waals surface area contributed by atoms with Crippen LogP contribution < -0.4 is 0 Å². The highest BCUT2D eigenvalue weighted by molar-refractivity contribution is 5.71. The van der Waals surface area contributed by atoms with Gasteiger partial charge in [-0.1, -0.05) is 275 Å². The molecule has 0 saturated heterocycles. The molecule has 1 atom stereocenters. The van der Waals surface area contributed by atoms with Crippen LogP contribution in [-0.2, 0) is 28.6 Å². The average Bonchev–Trinajstić information content (AvgIpc) is 3.40. The molecule has 6 heteroatoms. The lowest BCUT2D eigenvalue weighted by molar-refractivity contribution is -0.167. The van der Waals surface area contributed by atoms with E-state index in [4.69, 9.17) is 14.2 Å². The summed E-state index contributed by atoms with van der Waals surface area (Å²) in [6.07, 6.45) is 78.3. The number of ether oxygens (including phenoxy) is 3. The lowest BCUT2D eigenvalue weighted by Crippen LogP contribution is -2.30. The van der Waals surface area contributed by atoms with E-state index in [9.17, 15) is 14.4 Å². The summed E-state index contributed by atoms with van der Waals surface area (Å²) in [7, 11) is 0. The molecule has 0 aliphatic heterocycles. The van der Waals surface area contributed by atoms with Gasteiger partial charge in [0.1, 0.15) is 13.2 Å². The van der Waals surface area contributed by atoms with Crippen LogP contribution in [0.4, 0.5) is 0 Å². The highest BCUT2D eigenvalue weighted by Crippen LogP contribution is 2.17. The molecule has 0 amide bonds. The molecule has 1 unspecified atom stereocenters. The minimum absolute atomic E-state index is 0.0754. The maximum absolute atomic E-state index is 12.9. The number of unbranched alkanes of at least 4 members (excludes halogenated alkanes) is 41. The van der Waals surface area contributed by atoms with E-state index in [2.05, 4.69) is 69.4 Å². The number of esters is 3. The van der Waals surface area contributed by atoms with Crippen molar-refractivity contribution >= 4 is 17.9 Å². The molecule has 0 aromatic rings. The zero-order valence-corrected chi connectivity index (χ0v) is 49.6. The largest absolute Gasteiger partial charge is 0.462 e. The predicted octanol–water partition coefficient (Wildman–Crippen LogP) is 22.2. The molecule has 0 rings (SSSR count). The molecule has 0 N–H and O–H groups in total. The van der Waals surface area contributed by atoms with Gasteiger partial charge >= 0.3 is 17.9 Å². The van der Waals surface area contributed by atoms with Crippen molar-refractivity contribution in [3.8, 4) is 0 Å². The Morgan fingerprint density at radius 2 is 0.486 bits per heavy atom. The van der Waals surface area contributed by atoms with Crippen molar-refractivity contribution in [3.05, 3.63) is 48.6 Å². The number of hydrogen-bond acceptors (Lipinski definition) is 6. The van der Waals surface area contributed by atoms with Gasteiger partial charge in [0.05, 0.1) is 0 Å². The van der Waals surface area contributed by atoms with Crippen LogP contribution in [0.3, 0.4) is 0 Å². The Morgan fingerprint density at radius 3 is 0.784 bits per heavy atom. The summed E-state index contributed by atoms with van der Waals surface area (Å²) >= 11 is 0. The van der Waals surface area contributed by atoms with Gasteiger partial charge in [0.25, 0.3) is 0 Å². The second-order valence-corrected chi connectivity index (χ2v) is 22.0. The average molecular weight is 1040 g/mol. The Labute approximate surface area is 460 Å². The molecular weight excluding hydrogens is 913 g/mol. The van der Waals surface area contributed by atoms with Gasteiger partial charge in [0, 0.05) is 19.3 Å². The van der Waals surface area contributed by atoms with E-state index < -0.39 is 6.10 Å². The molecule has 0 radical (unpaired) electrons. The monoisotopic (exact) mass is 1040 g/mol. The standard InChI is InChI=1S/C68H124O6/c1-4-7-10-13-16-19-22-25-28-30-32-33-34-35-37-38-40-43-46-49-52-55-58-61-67(70)73-64-65(63-72-66(69)60-57-54-51-48-45-42-27-24-21-18-15-12-9-6-3)74-68(71)62-59-56-53-50-47-44-41-39-36-31-29-26-23-20-17-14-11-8-5-2/h17,20,24,26-27,29-30,32,65H,4-16,18-19,21-23,25,28,31,33-64H2,1-3H3/b20-17-,27-24-,29-26-,32-30-. The molecule has 432 valence electrons. The van der Waals surface area contributed by atoms with Crippen LogP contribution in [0, 0.1) is 0 Å². The van der Waals surface area contributed by atoms with E-state index in [-0.39, 0.29) is 31.1 Å². The second kappa shape index (κ2) is 62.9. The Morgan fingerprint density at radius 1 is 0.270 bits per heavy atom. The van der Waals surface area contributed by atoms with Crippen LogP contribution in [0.25, 0.3) is 0 Å². The van der Waals surface area contributed by atoms with E-state index in [1.165, 1.54) is 238 Å². The third-order valence-electron chi connectivity index (χ3n) is 14.5. The van der Waals surface area contributed by atoms with Gasteiger partial charge in [-0.2, -0.15) is 0 Å². The van der Waals surface area contributed by atoms with Crippen LogP contribution >= 0.6 is 0 Å². The summed E-state index contributed by atoms with van der Waals surface area (Å²) in [5.41, 5.74) is 0. The maximum atomic E-state index is 12.9. The first-order valence-electron chi connectivity index (χ1n) is 32.6. The Balaban J connectivity index is 4.31. The van der Waals surface area contributed by atoms with E-state index in [1.807, 2.05) is 0 Å². The van der Waals surface area contributed by atoms with Crippen LogP contribution in [0.2, 0.25) is 0 Å². The summed E-state index contributed by atoms with van der Waals surface area (Å²) in [4.78, 5) is 38.3. The maximum Gasteiger partial charge on any atom is 0.306 e. The topological polar surface area (TPSA) is 78.9 Å². The molecule has 74 heavy (non-hydrogen) atoms. The third-order valence-corrected chi connectivity index (χ3v) is 14.5. The van der Waals surface area contributed by atoms with E-state index in [1.54, 1.807) is 0 Å². The van der Waals surface area contributed by atoms with Crippen LogP contribution in [0.5, 0.6) is 0 Å². The van der Waals surface area contributed by atoms with Gasteiger partial charge in [-0.25, -0.2) is 0 Å². The van der Waals surface area contributed by atoms with Gasteiger partial charge in [-0.3, -0.25) is 14.4 Å². The minimum atomic E-state index is -0.779. The quantitative estimate of drug-likeness (QED) is 0.0261. The van der Waals surface area contributed by atoms with Gasteiger partial charge in [0.15, 0.2) is 6.10 Å². The fraction of sp³-hybridized carbons (Fsp3) is 0.838. The molecule has 0 aliphatic rings. The predicted molar refractivity (Wildman–Crippen MR) is 321 cm³/mol. The molecular formula is C68H124O6. The van der Waals surface area contributed by atoms with Crippen LogP contribution in [0.1, 0.15) is 348 Å². The van der Waals surface area contributed by atoms with Crippen LogP contribution in [0.15, 0.2) is 48.6 Å². The fourth-order valence-electron chi connectivity index (χ4n) is 9.58. The summed E-state index contributed by atoms with van der Waals surface area (Å²) in [5.74, 6) is -0.869. The number of rotatable bonds is 60. The Hall–Kier alpha value is -2.63. The van der Waals surface area contributed by atoms with E-state index >= 15 is 0 Å². The van der Waals surface area contributed by atoms with Crippen molar-refractivity contribution in [3.63, 3.8) is 0 Å². The second-order valence-electron chi connectivity index (χ2n) is 22.0. The zero-order chi connectivity index (χ0) is 53.6. The number of carbonyl (C=O) groups is 3. The SMILES string of the molecule is CCCCC/C=C\C/C=C\CCCCCCCCCCCC(=O)OC(COC(=O)CCCCCCC/C=C\CCCCCCC)COC(=O)CCCCCCCCCCCCC/C=C\CCCCCCCCCC. The zero-order valence-electron chi connectivity index (χ0n) is 49.6. The van der Waals surface area contributed by atoms with Crippen molar-refractivity contribution in [2.45, 2.75) is 354 Å². The summed E-state index contributed by atoms with van der Waals surface area (Å²) in [6, 6.07) is 0. The summed E-state index contributed by atoms with van der Waals surface area (Å²) < 4.78 is 16.9. The molecule has 0 fully saturated rings. The summed E-state index contributed by atoms with van der Waals surface area (Å²) in [6.45, 7) is 6.65. The van der Waals surface area contributed by atoms with Gasteiger partial charge in [-0.05, 0) is 103 Å². The van der Waals surface area contributed by atoms with Crippen molar-refractivity contribution in [1.29, 1.82) is 0 Å². The smallest absolute Gasteiger partial charge is 0.306 e. The van der Waals surface area contributed by atoms with Crippen molar-refractivity contribution < 1.29 is 28.6 Å². The molecule has 0 aliphatic carbocycles. The van der Waals surface area contributed by atoms with Crippen molar-refractivity contribution in [2.24, 2.45) is 0 Å². The Kier molecular flexibility index (Phi) is 60.7. The fourth-order valence-corrected chi connectivity index (χ4v) is 9.58. The first-order chi connectivity index (χ1) is 36.5. The highest BCUT2D eigenvalue weighted by Gasteiger charge is 2.19. The minimum Gasteiger partial charge on any atom is -0.462 e. The van der Waals surface area contributed by atoms with E-state index in [0.717, 1.165) is 70.6 Å². The number of carbonyl (C=O) groups excluding carboxylic acids is 3. The molecule has 0 aromatic carbocycles. The molecule has 0 heterocycles. The lowest BCUT2D eigenvalue weighted by Gasteiger charge is -2.18. The molecule has 6 nitrogen and oxygen atoms in total. The molecule has 0 spiro atoms. The van der Waals surface area contributed by atoms with Gasteiger partial charge in [-0.15, -0.1) is 0 Å². The summed E-state index contributed by atoms with van der Waals surface area (Å²) in [5, 5.41) is 0. The molecule has 0 aromatic heterocycles. The van der Waals surface area contributed by atoms with Crippen LogP contribution in [-0.4, -0.2) is 37.2 Å². The third kappa shape index (κ3) is 60.2. The first kappa shape index (κ1) is 71.4. The van der Waals surface area contributed by atoms with Gasteiger partial charge in [0.2, 0.25) is 0 Å². The molecule has 0 saturated carbocycles. The highest BCUT2D eigenvalue weighted by atomic mass is 16.6. The number of hydrogen-bond donors (Lipinski definition) is 0. The number of allylic oxidation sites excluding steroid dienone is 8. The van der Waals surface area contributed by atoms with Gasteiger partial charge < -0.3 is 14.2 Å². The first-order valence-corrected chi connectivity index (χ1v) is 32.6. The lowest BCUT2D eigenvalue weighted by atomic mass is 10.0. The normalized spacial score (nSPS) is 12.3. The van der Waals surface area contributed by atoms with Crippen molar-refractivity contribution in [2.75, 3.05) is 13.2 Å².